The summed E-state index contributed by atoms with van der Waals surface area (Å²) in [4.78, 5) is 5.76. The maximum Gasteiger partial charge on any atom is 0.165 e. The molecule has 1 aromatic rings. The Kier molecular flexibility index (Phi) is 5.36. The fraction of sp³-hybridized carbons (Fsp3) is 0.500. The molecule has 0 aliphatic carbocycles. The predicted molar refractivity (Wildman–Crippen MR) is 59.0 cm³/mol. The molecule has 0 aromatic carbocycles. The molecule has 1 heterocycles. The van der Waals surface area contributed by atoms with E-state index in [4.69, 9.17) is 16.3 Å². The van der Waals surface area contributed by atoms with E-state index in [0.29, 0.717) is 31.4 Å². The Balaban J connectivity index is 2.74. The summed E-state index contributed by atoms with van der Waals surface area (Å²) in [7, 11) is 1.60. The quantitative estimate of drug-likeness (QED) is 0.701. The van der Waals surface area contributed by atoms with Gasteiger partial charge in [-0.3, -0.25) is 0 Å². The SMILES string of the molecule is COCCN(CCCl)c1ncccc1F. The molecule has 0 spiro atoms. The van der Waals surface area contributed by atoms with Gasteiger partial charge in [-0.2, -0.15) is 0 Å². The van der Waals surface area contributed by atoms with Crippen LogP contribution in [0, 0.1) is 5.82 Å². The first-order chi connectivity index (χ1) is 7.29. The van der Waals surface area contributed by atoms with Crippen LogP contribution in [0.4, 0.5) is 10.2 Å². The second-order valence-electron chi connectivity index (χ2n) is 2.98. The fourth-order valence-corrected chi connectivity index (χ4v) is 1.44. The van der Waals surface area contributed by atoms with Gasteiger partial charge in [-0.15, -0.1) is 11.6 Å². The average molecular weight is 233 g/mol. The van der Waals surface area contributed by atoms with Crippen molar-refractivity contribution in [2.24, 2.45) is 0 Å². The topological polar surface area (TPSA) is 25.4 Å². The molecule has 0 saturated heterocycles. The van der Waals surface area contributed by atoms with Crippen LogP contribution in [0.1, 0.15) is 0 Å². The molecular weight excluding hydrogens is 219 g/mol. The molecular formula is C10H14ClFN2O. The molecule has 0 aliphatic rings. The van der Waals surface area contributed by atoms with Gasteiger partial charge in [0, 0.05) is 32.3 Å². The highest BCUT2D eigenvalue weighted by Crippen LogP contribution is 2.14. The van der Waals surface area contributed by atoms with Gasteiger partial charge < -0.3 is 9.64 Å². The summed E-state index contributed by atoms with van der Waals surface area (Å²) >= 11 is 5.64. The summed E-state index contributed by atoms with van der Waals surface area (Å²) < 4.78 is 18.3. The lowest BCUT2D eigenvalue weighted by Gasteiger charge is -2.22. The van der Waals surface area contributed by atoms with E-state index in [1.807, 2.05) is 0 Å². The van der Waals surface area contributed by atoms with Crippen LogP contribution in [0.2, 0.25) is 0 Å². The van der Waals surface area contributed by atoms with Gasteiger partial charge in [0.1, 0.15) is 0 Å². The van der Waals surface area contributed by atoms with Crippen molar-refractivity contribution in [3.05, 3.63) is 24.1 Å². The zero-order chi connectivity index (χ0) is 11.1. The number of nitrogens with zero attached hydrogens (tertiary/aromatic N) is 2. The van der Waals surface area contributed by atoms with Gasteiger partial charge in [0.05, 0.1) is 6.61 Å². The lowest BCUT2D eigenvalue weighted by atomic mass is 10.4. The van der Waals surface area contributed by atoms with Gasteiger partial charge in [0.2, 0.25) is 0 Å². The van der Waals surface area contributed by atoms with Crippen LogP contribution in [0.15, 0.2) is 18.3 Å². The van der Waals surface area contributed by atoms with Crippen LogP contribution in [-0.2, 0) is 4.74 Å². The van der Waals surface area contributed by atoms with Crippen molar-refractivity contribution >= 4 is 17.4 Å². The molecule has 5 heteroatoms. The summed E-state index contributed by atoms with van der Waals surface area (Å²) in [5.41, 5.74) is 0. The van der Waals surface area contributed by atoms with Crippen LogP contribution >= 0.6 is 11.6 Å². The number of aromatic nitrogens is 1. The van der Waals surface area contributed by atoms with Crippen molar-refractivity contribution in [2.45, 2.75) is 0 Å². The van der Waals surface area contributed by atoms with Crippen LogP contribution in [0.25, 0.3) is 0 Å². The number of ether oxygens (including phenoxy) is 1. The Labute approximate surface area is 93.8 Å². The number of alkyl halides is 1. The molecule has 1 aromatic heterocycles. The highest BCUT2D eigenvalue weighted by Gasteiger charge is 2.11. The third-order valence-corrected chi connectivity index (χ3v) is 2.13. The van der Waals surface area contributed by atoms with Crippen molar-refractivity contribution in [2.75, 3.05) is 37.6 Å². The smallest absolute Gasteiger partial charge is 0.165 e. The van der Waals surface area contributed by atoms with E-state index in [1.54, 1.807) is 24.3 Å². The minimum Gasteiger partial charge on any atom is -0.383 e. The third-order valence-electron chi connectivity index (χ3n) is 1.96. The monoisotopic (exact) mass is 232 g/mol. The second kappa shape index (κ2) is 6.58. The van der Waals surface area contributed by atoms with E-state index in [1.165, 1.54) is 6.07 Å². The Hall–Kier alpha value is -0.870. The molecule has 0 bridgehead atoms. The molecule has 0 atom stereocenters. The number of anilines is 1. The van der Waals surface area contributed by atoms with Gasteiger partial charge in [0.25, 0.3) is 0 Å². The van der Waals surface area contributed by atoms with Crippen LogP contribution in [-0.4, -0.2) is 37.7 Å². The minimum absolute atomic E-state index is 0.329. The first-order valence-electron chi connectivity index (χ1n) is 4.70. The lowest BCUT2D eigenvalue weighted by molar-refractivity contribution is 0.205. The summed E-state index contributed by atoms with van der Waals surface area (Å²) in [5, 5.41) is 0. The Morgan fingerprint density at radius 3 is 2.93 bits per heavy atom. The summed E-state index contributed by atoms with van der Waals surface area (Å²) in [6.45, 7) is 1.66. The zero-order valence-electron chi connectivity index (χ0n) is 8.62. The highest BCUT2D eigenvalue weighted by atomic mass is 35.5. The summed E-state index contributed by atoms with van der Waals surface area (Å²) in [5.74, 6) is 0.425. The number of methoxy groups -OCH3 is 1. The van der Waals surface area contributed by atoms with E-state index < -0.39 is 0 Å². The van der Waals surface area contributed by atoms with Crippen LogP contribution in [0.3, 0.4) is 0 Å². The first-order valence-corrected chi connectivity index (χ1v) is 5.23. The lowest BCUT2D eigenvalue weighted by Crippen LogP contribution is -2.30. The van der Waals surface area contributed by atoms with Gasteiger partial charge in [-0.1, -0.05) is 0 Å². The maximum absolute atomic E-state index is 13.4. The Morgan fingerprint density at radius 1 is 1.53 bits per heavy atom. The van der Waals surface area contributed by atoms with E-state index in [9.17, 15) is 4.39 Å². The van der Waals surface area contributed by atoms with Crippen molar-refractivity contribution in [3.63, 3.8) is 0 Å². The molecule has 15 heavy (non-hydrogen) atoms. The molecule has 3 nitrogen and oxygen atoms in total. The van der Waals surface area contributed by atoms with E-state index in [-0.39, 0.29) is 5.82 Å². The van der Waals surface area contributed by atoms with Gasteiger partial charge in [0.15, 0.2) is 11.6 Å². The van der Waals surface area contributed by atoms with Crippen molar-refractivity contribution in [1.82, 2.24) is 4.98 Å². The molecule has 0 radical (unpaired) electrons. The standard InChI is InChI=1S/C10H14ClFN2O/c1-15-8-7-14(6-4-11)10-9(12)3-2-5-13-10/h2-3,5H,4,6-8H2,1H3. The number of halogens is 2. The molecule has 0 unspecified atom stereocenters. The minimum atomic E-state index is -0.335. The summed E-state index contributed by atoms with van der Waals surface area (Å²) in [6.07, 6.45) is 1.56. The molecule has 0 amide bonds. The average Bonchev–Trinajstić information content (AvgIpc) is 2.25. The zero-order valence-corrected chi connectivity index (χ0v) is 9.38. The van der Waals surface area contributed by atoms with Crippen LogP contribution < -0.4 is 4.90 Å². The molecule has 0 aliphatic heterocycles. The van der Waals surface area contributed by atoms with Crippen LogP contribution in [0.5, 0.6) is 0 Å². The number of hydrogen-bond donors (Lipinski definition) is 0. The largest absolute Gasteiger partial charge is 0.383 e. The van der Waals surface area contributed by atoms with Gasteiger partial charge in [-0.05, 0) is 12.1 Å². The third kappa shape index (κ3) is 3.64. The second-order valence-corrected chi connectivity index (χ2v) is 3.36. The van der Waals surface area contributed by atoms with Crippen molar-refractivity contribution in [3.8, 4) is 0 Å². The first kappa shape index (κ1) is 12.2. The normalized spacial score (nSPS) is 10.3. The van der Waals surface area contributed by atoms with E-state index in [0.717, 1.165) is 0 Å². The molecule has 84 valence electrons. The Bertz CT molecular complexity index is 299. The highest BCUT2D eigenvalue weighted by molar-refractivity contribution is 6.18. The predicted octanol–water partition coefficient (Wildman–Crippen LogP) is 1.91. The molecule has 0 fully saturated rings. The maximum atomic E-state index is 13.4. The number of pyridine rings is 1. The van der Waals surface area contributed by atoms with Crippen molar-refractivity contribution < 1.29 is 9.13 Å². The fourth-order valence-electron chi connectivity index (χ4n) is 1.24. The van der Waals surface area contributed by atoms with Gasteiger partial charge in [-0.25, -0.2) is 9.37 Å². The van der Waals surface area contributed by atoms with Gasteiger partial charge >= 0.3 is 0 Å². The molecule has 0 saturated carbocycles. The Morgan fingerprint density at radius 2 is 2.33 bits per heavy atom. The number of rotatable bonds is 6. The number of hydrogen-bond acceptors (Lipinski definition) is 3. The van der Waals surface area contributed by atoms with E-state index in [2.05, 4.69) is 4.98 Å². The molecule has 0 N–H and O–H groups in total. The van der Waals surface area contributed by atoms with Crippen molar-refractivity contribution in [1.29, 1.82) is 0 Å². The molecule has 1 rings (SSSR count). The summed E-state index contributed by atoms with van der Waals surface area (Å²) in [6, 6.07) is 2.95. The van der Waals surface area contributed by atoms with E-state index >= 15 is 0 Å².